The third-order valence-electron chi connectivity index (χ3n) is 4.17. The molecule has 0 amide bonds. The quantitative estimate of drug-likeness (QED) is 0.326. The van der Waals surface area contributed by atoms with Crippen LogP contribution < -0.4 is 0 Å². The molecule has 0 radical (unpaired) electrons. The second kappa shape index (κ2) is 10.6. The van der Waals surface area contributed by atoms with Crippen LogP contribution in [0.2, 0.25) is 13.3 Å². The predicted molar refractivity (Wildman–Crippen MR) is 86.7 cm³/mol. The molecule has 0 aromatic rings. The molecule has 0 aliphatic rings. The van der Waals surface area contributed by atoms with E-state index in [1.54, 1.807) is 0 Å². The van der Waals surface area contributed by atoms with E-state index in [-0.39, 0.29) is 0 Å². The van der Waals surface area contributed by atoms with Gasteiger partial charge in [0, 0.05) is 0 Å². The van der Waals surface area contributed by atoms with Gasteiger partial charge in [0.25, 0.3) is 0 Å². The Morgan fingerprint density at radius 2 is 1.32 bits per heavy atom. The van der Waals surface area contributed by atoms with E-state index >= 15 is 0 Å². The molecule has 22 heavy (non-hydrogen) atoms. The Balaban J connectivity index is 5.82. The summed E-state index contributed by atoms with van der Waals surface area (Å²) in [6.07, 6.45) is 0.893. The van der Waals surface area contributed by atoms with Gasteiger partial charge in [-0.3, -0.25) is 0 Å². The van der Waals surface area contributed by atoms with Crippen LogP contribution in [0.3, 0.4) is 0 Å². The summed E-state index contributed by atoms with van der Waals surface area (Å²) in [4.78, 5) is 11.0. The van der Waals surface area contributed by atoms with Gasteiger partial charge in [-0.05, 0) is 0 Å². The van der Waals surface area contributed by atoms with Crippen molar-refractivity contribution in [3.05, 3.63) is 9.67 Å². The van der Waals surface area contributed by atoms with Crippen LogP contribution in [-0.2, 0) is 4.79 Å². The van der Waals surface area contributed by atoms with Crippen molar-refractivity contribution in [1.29, 1.82) is 0 Å². The minimum atomic E-state index is -4.50. The number of halogens is 3. The van der Waals surface area contributed by atoms with Crippen molar-refractivity contribution < 1.29 is 23.1 Å². The molecule has 6 heteroatoms. The van der Waals surface area contributed by atoms with E-state index in [2.05, 4.69) is 0 Å². The number of hydrogen-bond acceptors (Lipinski definition) is 1. The van der Waals surface area contributed by atoms with Crippen molar-refractivity contribution in [3.8, 4) is 0 Å². The molecule has 0 saturated carbocycles. The third-order valence-corrected chi connectivity index (χ3v) is 19.9. The molecule has 130 valence electrons. The molecule has 0 unspecified atom stereocenters. The van der Waals surface area contributed by atoms with Crippen LogP contribution >= 0.6 is 0 Å². The van der Waals surface area contributed by atoms with Gasteiger partial charge in [-0.15, -0.1) is 0 Å². The Morgan fingerprint density at radius 1 is 0.955 bits per heavy atom. The number of allylic oxidation sites excluding steroid dienone is 1. The molecule has 0 aliphatic carbocycles. The van der Waals surface area contributed by atoms with Crippen LogP contribution in [0.4, 0.5) is 13.2 Å². The van der Waals surface area contributed by atoms with Crippen molar-refractivity contribution in [3.63, 3.8) is 0 Å². The molecule has 0 saturated heterocycles. The number of carbonyl (C=O) groups is 1. The summed E-state index contributed by atoms with van der Waals surface area (Å²) in [6.45, 7) is 5.93. The van der Waals surface area contributed by atoms with E-state index in [0.29, 0.717) is 19.4 Å². The Labute approximate surface area is 136 Å². The van der Waals surface area contributed by atoms with E-state index in [1.165, 1.54) is 0 Å². The number of unbranched alkanes of at least 4 members (excludes halogenated alkanes) is 3. The first-order chi connectivity index (χ1) is 10.2. The number of carboxylic acid groups (broad SMARTS) is 1. The van der Waals surface area contributed by atoms with Crippen LogP contribution in [0.1, 0.15) is 59.3 Å². The van der Waals surface area contributed by atoms with Crippen molar-refractivity contribution in [2.75, 3.05) is 0 Å². The number of aliphatic carboxylic acids is 1. The maximum atomic E-state index is 13.6. The van der Waals surface area contributed by atoms with Gasteiger partial charge in [0.2, 0.25) is 0 Å². The zero-order chi connectivity index (χ0) is 17.2. The summed E-state index contributed by atoms with van der Waals surface area (Å²) < 4.78 is 41.9. The fourth-order valence-corrected chi connectivity index (χ4v) is 19.2. The molecule has 0 fully saturated rings. The molecule has 2 nitrogen and oxygen atoms in total. The molecule has 1 N–H and O–H groups in total. The maximum absolute atomic E-state index is 13.6. The van der Waals surface area contributed by atoms with E-state index in [9.17, 15) is 18.0 Å². The van der Waals surface area contributed by atoms with Crippen molar-refractivity contribution >= 4 is 24.3 Å². The predicted octanol–water partition coefficient (Wildman–Crippen LogP) is 5.95. The summed E-state index contributed by atoms with van der Waals surface area (Å²) in [5.74, 6) is -1.46. The Morgan fingerprint density at radius 3 is 1.55 bits per heavy atom. The number of hydrogen-bond donors (Lipinski definition) is 1. The normalized spacial score (nSPS) is 13.5. The van der Waals surface area contributed by atoms with Gasteiger partial charge < -0.3 is 0 Å². The topological polar surface area (TPSA) is 37.3 Å². The Kier molecular flexibility index (Phi) is 10.5. The monoisotopic (exact) mass is 430 g/mol. The SMILES string of the molecule is CCC[CH2][Sn]([CH2]CCC)([CH2]CCC)/[C](=C\C(=O)O)C(F)(F)F. The van der Waals surface area contributed by atoms with E-state index < -0.39 is 34.1 Å². The summed E-state index contributed by atoms with van der Waals surface area (Å²) >= 11 is -3.74. The first-order valence-corrected chi connectivity index (χ1v) is 15.7. The molecule has 0 aromatic carbocycles. The molecule has 0 bridgehead atoms. The van der Waals surface area contributed by atoms with Gasteiger partial charge in [-0.25, -0.2) is 0 Å². The van der Waals surface area contributed by atoms with E-state index in [1.807, 2.05) is 20.8 Å². The fraction of sp³-hybridized carbons (Fsp3) is 0.812. The van der Waals surface area contributed by atoms with Crippen LogP contribution in [0.25, 0.3) is 0 Å². The summed E-state index contributed by atoms with van der Waals surface area (Å²) in [6, 6.07) is 0. The first-order valence-electron chi connectivity index (χ1n) is 8.25. The molecular weight excluding hydrogens is 400 g/mol. The fourth-order valence-electron chi connectivity index (χ4n) is 2.98. The minimum absolute atomic E-state index is 0.497. The Bertz CT molecular complexity index is 343. The van der Waals surface area contributed by atoms with Crippen LogP contribution in [-0.4, -0.2) is 35.6 Å². The van der Waals surface area contributed by atoms with E-state index in [0.717, 1.165) is 38.5 Å². The van der Waals surface area contributed by atoms with Gasteiger partial charge in [0.15, 0.2) is 0 Å². The second-order valence-electron chi connectivity index (χ2n) is 5.98. The van der Waals surface area contributed by atoms with Crippen LogP contribution in [0.15, 0.2) is 9.67 Å². The van der Waals surface area contributed by atoms with Gasteiger partial charge in [-0.1, -0.05) is 0 Å². The van der Waals surface area contributed by atoms with Gasteiger partial charge >= 0.3 is 136 Å². The standard InChI is InChI=1S/C4H2F3O2.3C4H9.Sn/c5-4(6,7)2-1-3(8)9;3*1-3-4-2;/h1H,(H,8,9);3*1,3-4H2,2H3;. The summed E-state index contributed by atoms with van der Waals surface area (Å²) in [7, 11) is 0. The summed E-state index contributed by atoms with van der Waals surface area (Å²) in [5.41, 5.74) is 0. The molecule has 0 heterocycles. The van der Waals surface area contributed by atoms with Crippen molar-refractivity contribution in [1.82, 2.24) is 0 Å². The number of alkyl halides is 3. The van der Waals surface area contributed by atoms with Crippen LogP contribution in [0.5, 0.6) is 0 Å². The Hall–Kier alpha value is -0.201. The van der Waals surface area contributed by atoms with Crippen molar-refractivity contribution in [2.24, 2.45) is 0 Å². The average Bonchev–Trinajstić information content (AvgIpc) is 2.43. The van der Waals surface area contributed by atoms with Crippen LogP contribution in [0, 0.1) is 0 Å². The molecule has 0 aliphatic heterocycles. The molecule has 0 aromatic heterocycles. The summed E-state index contributed by atoms with van der Waals surface area (Å²) in [5, 5.41) is 8.94. The zero-order valence-electron chi connectivity index (χ0n) is 13.9. The molecule has 0 atom stereocenters. The molecular formula is C16H29F3O2Sn. The van der Waals surface area contributed by atoms with Gasteiger partial charge in [0.1, 0.15) is 0 Å². The van der Waals surface area contributed by atoms with E-state index in [4.69, 9.17) is 5.11 Å². The number of carboxylic acids is 1. The zero-order valence-corrected chi connectivity index (χ0v) is 16.8. The van der Waals surface area contributed by atoms with Gasteiger partial charge in [0.05, 0.1) is 0 Å². The second-order valence-corrected chi connectivity index (χ2v) is 19.1. The first kappa shape index (κ1) is 21.8. The molecule has 0 spiro atoms. The van der Waals surface area contributed by atoms with Gasteiger partial charge in [-0.2, -0.15) is 0 Å². The molecule has 0 rings (SSSR count). The number of rotatable bonds is 11. The van der Waals surface area contributed by atoms with Crippen molar-refractivity contribution in [2.45, 2.75) is 78.8 Å². The average molecular weight is 429 g/mol. The third kappa shape index (κ3) is 7.38.